The molecule has 0 aliphatic heterocycles. The Labute approximate surface area is 166 Å². The lowest BCUT2D eigenvalue weighted by Crippen LogP contribution is -2.09. The molecule has 2 aliphatic carbocycles. The van der Waals surface area contributed by atoms with Crippen LogP contribution in [0.25, 0.3) is 0 Å². The molecule has 0 heterocycles. The molecule has 2 rings (SSSR count). The first-order valence-corrected chi connectivity index (χ1v) is 12.8. The van der Waals surface area contributed by atoms with Crippen LogP contribution >= 0.6 is 0 Å². The molecular weight excluding hydrogens is 312 g/mol. The minimum atomic E-state index is 1.01. The monoisotopic (exact) mass is 362 g/mol. The molecule has 2 aliphatic rings. The van der Waals surface area contributed by atoms with Gasteiger partial charge in [0.2, 0.25) is 0 Å². The summed E-state index contributed by atoms with van der Waals surface area (Å²) in [5, 5.41) is 0. The lowest BCUT2D eigenvalue weighted by Gasteiger charge is -2.20. The van der Waals surface area contributed by atoms with E-state index in [1.165, 1.54) is 103 Å². The van der Waals surface area contributed by atoms with Gasteiger partial charge in [-0.25, -0.2) is 0 Å². The number of rotatable bonds is 16. The Hall–Kier alpha value is 0. The minimum absolute atomic E-state index is 1.01. The number of unbranched alkanes of at least 4 members (excludes halogenated alkanes) is 13. The average molecular weight is 363 g/mol. The number of hydrogen-bond donors (Lipinski definition) is 0. The SMILES string of the molecule is CCCCCCCCCCCCCCCCC(C)C1CC2CCCC2C1. The second-order valence-corrected chi connectivity index (χ2v) is 10.0. The summed E-state index contributed by atoms with van der Waals surface area (Å²) in [5.41, 5.74) is 0. The molecular formula is C26H50. The molecule has 154 valence electrons. The van der Waals surface area contributed by atoms with E-state index in [-0.39, 0.29) is 0 Å². The highest BCUT2D eigenvalue weighted by atomic mass is 14.4. The maximum atomic E-state index is 2.56. The lowest BCUT2D eigenvalue weighted by molar-refractivity contribution is 0.314. The van der Waals surface area contributed by atoms with E-state index in [4.69, 9.17) is 0 Å². The van der Waals surface area contributed by atoms with Crippen molar-refractivity contribution in [2.45, 2.75) is 142 Å². The molecule has 0 aromatic rings. The van der Waals surface area contributed by atoms with Gasteiger partial charge in [0, 0.05) is 0 Å². The second-order valence-electron chi connectivity index (χ2n) is 10.0. The van der Waals surface area contributed by atoms with Crippen LogP contribution in [0.4, 0.5) is 0 Å². The van der Waals surface area contributed by atoms with Crippen molar-refractivity contribution in [1.82, 2.24) is 0 Å². The Morgan fingerprint density at radius 1 is 0.615 bits per heavy atom. The van der Waals surface area contributed by atoms with E-state index in [0.717, 1.165) is 23.7 Å². The summed E-state index contributed by atoms with van der Waals surface area (Å²) < 4.78 is 0. The van der Waals surface area contributed by atoms with Crippen LogP contribution < -0.4 is 0 Å². The number of fused-ring (bicyclic) bond motifs is 1. The van der Waals surface area contributed by atoms with Crippen LogP contribution in [0, 0.1) is 23.7 Å². The van der Waals surface area contributed by atoms with E-state index < -0.39 is 0 Å². The van der Waals surface area contributed by atoms with E-state index in [1.807, 2.05) is 0 Å². The Kier molecular flexibility index (Phi) is 12.1. The van der Waals surface area contributed by atoms with Gasteiger partial charge in [-0.2, -0.15) is 0 Å². The highest BCUT2D eigenvalue weighted by molar-refractivity contribution is 4.89. The number of hydrogen-bond acceptors (Lipinski definition) is 0. The van der Waals surface area contributed by atoms with Crippen molar-refractivity contribution in [3.8, 4) is 0 Å². The maximum absolute atomic E-state index is 2.56. The molecule has 0 spiro atoms. The Morgan fingerprint density at radius 2 is 1.04 bits per heavy atom. The van der Waals surface area contributed by atoms with Gasteiger partial charge in [-0.15, -0.1) is 0 Å². The summed E-state index contributed by atoms with van der Waals surface area (Å²) >= 11 is 0. The van der Waals surface area contributed by atoms with E-state index >= 15 is 0 Å². The molecule has 0 N–H and O–H groups in total. The standard InChI is InChI=1S/C26H50/c1-3-4-5-6-7-8-9-10-11-12-13-14-15-16-18-23(2)26-21-24-19-17-20-25(24)22-26/h23-26H,3-22H2,1-2H3. The highest BCUT2D eigenvalue weighted by Crippen LogP contribution is 2.49. The fraction of sp³-hybridized carbons (Fsp3) is 1.00. The third kappa shape index (κ3) is 8.79. The van der Waals surface area contributed by atoms with Gasteiger partial charge in [-0.05, 0) is 36.5 Å². The van der Waals surface area contributed by atoms with Gasteiger partial charge >= 0.3 is 0 Å². The summed E-state index contributed by atoms with van der Waals surface area (Å²) in [6.07, 6.45) is 30.1. The van der Waals surface area contributed by atoms with E-state index in [9.17, 15) is 0 Å². The molecule has 0 aromatic heterocycles. The highest BCUT2D eigenvalue weighted by Gasteiger charge is 2.38. The first-order valence-electron chi connectivity index (χ1n) is 12.8. The summed E-state index contributed by atoms with van der Waals surface area (Å²) in [7, 11) is 0. The first kappa shape index (κ1) is 22.3. The van der Waals surface area contributed by atoms with Crippen LogP contribution in [0.15, 0.2) is 0 Å². The van der Waals surface area contributed by atoms with Gasteiger partial charge in [0.05, 0.1) is 0 Å². The Morgan fingerprint density at radius 3 is 1.50 bits per heavy atom. The van der Waals surface area contributed by atoms with Crippen LogP contribution in [-0.2, 0) is 0 Å². The summed E-state index contributed by atoms with van der Waals surface area (Å²) in [5.74, 6) is 4.38. The van der Waals surface area contributed by atoms with Crippen LogP contribution in [0.2, 0.25) is 0 Å². The summed E-state index contributed by atoms with van der Waals surface area (Å²) in [4.78, 5) is 0. The van der Waals surface area contributed by atoms with Crippen LogP contribution in [0.5, 0.6) is 0 Å². The minimum Gasteiger partial charge on any atom is -0.0654 e. The molecule has 26 heavy (non-hydrogen) atoms. The van der Waals surface area contributed by atoms with Gasteiger partial charge in [-0.1, -0.05) is 129 Å². The molecule has 0 bridgehead atoms. The fourth-order valence-corrected chi connectivity index (χ4v) is 5.97. The van der Waals surface area contributed by atoms with Crippen molar-refractivity contribution >= 4 is 0 Å². The largest absolute Gasteiger partial charge is 0.0654 e. The maximum Gasteiger partial charge on any atom is -0.0383 e. The smallest absolute Gasteiger partial charge is 0.0383 e. The molecule has 2 fully saturated rings. The van der Waals surface area contributed by atoms with Gasteiger partial charge in [0.1, 0.15) is 0 Å². The van der Waals surface area contributed by atoms with Crippen molar-refractivity contribution in [2.75, 3.05) is 0 Å². The van der Waals surface area contributed by atoms with E-state index in [2.05, 4.69) is 13.8 Å². The topological polar surface area (TPSA) is 0 Å². The summed E-state index contributed by atoms with van der Waals surface area (Å²) in [6, 6.07) is 0. The van der Waals surface area contributed by atoms with Crippen LogP contribution in [0.1, 0.15) is 142 Å². The average Bonchev–Trinajstić information content (AvgIpc) is 3.24. The van der Waals surface area contributed by atoms with E-state index in [1.54, 1.807) is 25.7 Å². The fourth-order valence-electron chi connectivity index (χ4n) is 5.97. The van der Waals surface area contributed by atoms with Crippen molar-refractivity contribution in [3.05, 3.63) is 0 Å². The van der Waals surface area contributed by atoms with Gasteiger partial charge in [0.15, 0.2) is 0 Å². The molecule has 0 amide bonds. The van der Waals surface area contributed by atoms with E-state index in [0.29, 0.717) is 0 Å². The Balaban J connectivity index is 1.30. The van der Waals surface area contributed by atoms with Crippen molar-refractivity contribution in [2.24, 2.45) is 23.7 Å². The summed E-state index contributed by atoms with van der Waals surface area (Å²) in [6.45, 7) is 4.87. The predicted molar refractivity (Wildman–Crippen MR) is 118 cm³/mol. The van der Waals surface area contributed by atoms with Crippen molar-refractivity contribution in [3.63, 3.8) is 0 Å². The van der Waals surface area contributed by atoms with Gasteiger partial charge in [-0.3, -0.25) is 0 Å². The second kappa shape index (κ2) is 14.1. The zero-order chi connectivity index (χ0) is 18.5. The van der Waals surface area contributed by atoms with Gasteiger partial charge in [0.25, 0.3) is 0 Å². The molecule has 2 saturated carbocycles. The molecule has 0 nitrogen and oxygen atoms in total. The normalized spacial score (nSPS) is 26.3. The first-order chi connectivity index (χ1) is 12.8. The van der Waals surface area contributed by atoms with Crippen LogP contribution in [0.3, 0.4) is 0 Å². The lowest BCUT2D eigenvalue weighted by atomic mass is 9.86. The molecule has 0 aromatic carbocycles. The zero-order valence-electron chi connectivity index (χ0n) is 18.5. The third-order valence-corrected chi connectivity index (χ3v) is 7.85. The van der Waals surface area contributed by atoms with Crippen molar-refractivity contribution < 1.29 is 0 Å². The Bertz CT molecular complexity index is 308. The molecule has 0 radical (unpaired) electrons. The molecule has 0 saturated heterocycles. The van der Waals surface area contributed by atoms with Crippen LogP contribution in [-0.4, -0.2) is 0 Å². The van der Waals surface area contributed by atoms with Gasteiger partial charge < -0.3 is 0 Å². The third-order valence-electron chi connectivity index (χ3n) is 7.85. The van der Waals surface area contributed by atoms with Crippen molar-refractivity contribution in [1.29, 1.82) is 0 Å². The predicted octanol–water partition coefficient (Wildman–Crippen LogP) is 9.32. The molecule has 0 heteroatoms. The zero-order valence-corrected chi connectivity index (χ0v) is 18.5. The molecule has 3 atom stereocenters. The quantitative estimate of drug-likeness (QED) is 0.240. The molecule has 3 unspecified atom stereocenters.